The molecule has 0 unspecified atom stereocenters. The van der Waals surface area contributed by atoms with Crippen LogP contribution in [-0.2, 0) is 6.54 Å². The van der Waals surface area contributed by atoms with Gasteiger partial charge in [0.1, 0.15) is 5.15 Å². The predicted molar refractivity (Wildman–Crippen MR) is 50.1 cm³/mol. The topological polar surface area (TPSA) is 33.2 Å². The molecule has 13 heavy (non-hydrogen) atoms. The summed E-state index contributed by atoms with van der Waals surface area (Å²) in [6.07, 6.45) is 0. The van der Waals surface area contributed by atoms with Crippen molar-refractivity contribution >= 4 is 29.1 Å². The van der Waals surface area contributed by atoms with Crippen molar-refractivity contribution < 1.29 is 8.91 Å². The Kier molecular flexibility index (Phi) is 1.28. The molecule has 3 nitrogen and oxygen atoms in total. The number of halogens is 2. The molecule has 0 N–H and O–H groups in total. The molecule has 0 fully saturated rings. The van der Waals surface area contributed by atoms with Gasteiger partial charge >= 0.3 is 0 Å². The first-order chi connectivity index (χ1) is 7.30. The average Bonchev–Trinajstić information content (AvgIpc) is 2.41. The number of fused-ring (bicyclic) bond motifs is 1. The van der Waals surface area contributed by atoms with Gasteiger partial charge in [-0.3, -0.25) is 4.79 Å². The monoisotopic (exact) mass is 219 g/mol. The van der Waals surface area contributed by atoms with Crippen molar-refractivity contribution in [3.8, 4) is 0 Å². The third-order valence-electron chi connectivity index (χ3n) is 1.78. The fraction of sp³-hybridized carbons (Fsp3) is 0.250. The number of amides is 1. The van der Waals surface area contributed by atoms with Crippen LogP contribution in [0, 0.1) is 0 Å². The molecule has 0 saturated heterocycles. The Bertz CT molecular complexity index is 475. The largest absolute Gasteiger partial charge is 0.336 e. The molecular formula is C8H6Cl2N2O. The molecular weight excluding hydrogens is 211 g/mol. The van der Waals surface area contributed by atoms with Crippen LogP contribution >= 0.6 is 23.2 Å². The molecule has 0 atom stereocenters. The maximum Gasteiger partial charge on any atom is 0.257 e. The van der Waals surface area contributed by atoms with Crippen molar-refractivity contribution in [1.82, 2.24) is 9.88 Å². The molecule has 68 valence electrons. The standard InChI is InChI=1S/C8H6Cl2N2O/c1-12-3-5-7(8(12)13)4(9)2-6(10)11-5/h2H,3H2,1H3/i1D3. The number of aromatic nitrogens is 1. The van der Waals surface area contributed by atoms with E-state index in [0.29, 0.717) is 5.69 Å². The highest BCUT2D eigenvalue weighted by Gasteiger charge is 2.28. The predicted octanol–water partition coefficient (Wildman–Crippen LogP) is 1.97. The maximum absolute atomic E-state index is 11.8. The fourth-order valence-electron chi connectivity index (χ4n) is 1.23. The number of hydrogen-bond acceptors (Lipinski definition) is 2. The van der Waals surface area contributed by atoms with Crippen LogP contribution in [0.15, 0.2) is 6.07 Å². The van der Waals surface area contributed by atoms with Crippen LogP contribution in [0.3, 0.4) is 0 Å². The van der Waals surface area contributed by atoms with Crippen molar-refractivity contribution in [2.75, 3.05) is 6.98 Å². The van der Waals surface area contributed by atoms with Crippen LogP contribution < -0.4 is 0 Å². The number of rotatable bonds is 0. The number of pyridine rings is 1. The lowest BCUT2D eigenvalue weighted by molar-refractivity contribution is 0.0816. The van der Waals surface area contributed by atoms with Crippen molar-refractivity contribution in [2.45, 2.75) is 6.54 Å². The van der Waals surface area contributed by atoms with E-state index in [1.54, 1.807) is 0 Å². The van der Waals surface area contributed by atoms with E-state index in [-0.39, 0.29) is 22.3 Å². The van der Waals surface area contributed by atoms with Gasteiger partial charge in [0, 0.05) is 11.1 Å². The summed E-state index contributed by atoms with van der Waals surface area (Å²) < 4.78 is 21.6. The third-order valence-corrected chi connectivity index (χ3v) is 2.27. The summed E-state index contributed by atoms with van der Waals surface area (Å²) in [6, 6.07) is 1.32. The van der Waals surface area contributed by atoms with Crippen molar-refractivity contribution in [3.05, 3.63) is 27.5 Å². The highest BCUT2D eigenvalue weighted by atomic mass is 35.5. The van der Waals surface area contributed by atoms with Gasteiger partial charge < -0.3 is 4.90 Å². The molecule has 2 rings (SSSR count). The van der Waals surface area contributed by atoms with Crippen LogP contribution in [0.2, 0.25) is 10.2 Å². The zero-order chi connectivity index (χ0) is 12.1. The van der Waals surface area contributed by atoms with Gasteiger partial charge in [0.05, 0.1) is 22.8 Å². The van der Waals surface area contributed by atoms with Gasteiger partial charge in [0.15, 0.2) is 0 Å². The van der Waals surface area contributed by atoms with Crippen LogP contribution in [-0.4, -0.2) is 22.8 Å². The van der Waals surface area contributed by atoms with E-state index in [0.717, 1.165) is 4.90 Å². The van der Waals surface area contributed by atoms with E-state index in [1.807, 2.05) is 0 Å². The number of carbonyl (C=O) groups excluding carboxylic acids is 1. The van der Waals surface area contributed by atoms with Crippen molar-refractivity contribution in [1.29, 1.82) is 0 Å². The summed E-state index contributed by atoms with van der Waals surface area (Å²) in [4.78, 5) is 16.4. The van der Waals surface area contributed by atoms with Gasteiger partial charge in [-0.1, -0.05) is 23.2 Å². The molecule has 0 saturated carbocycles. The molecule has 0 bridgehead atoms. The minimum absolute atomic E-state index is 0.0923. The molecule has 2 heterocycles. The molecule has 1 aromatic heterocycles. The van der Waals surface area contributed by atoms with Gasteiger partial charge in [0.2, 0.25) is 0 Å². The van der Waals surface area contributed by atoms with Gasteiger partial charge in [-0.25, -0.2) is 4.98 Å². The summed E-state index contributed by atoms with van der Waals surface area (Å²) in [5.41, 5.74) is 0.431. The minimum atomic E-state index is -2.49. The highest BCUT2D eigenvalue weighted by molar-refractivity contribution is 6.36. The van der Waals surface area contributed by atoms with Crippen LogP contribution in [0.5, 0.6) is 0 Å². The molecule has 0 aromatic carbocycles. The molecule has 1 aliphatic heterocycles. The lowest BCUT2D eigenvalue weighted by atomic mass is 10.2. The summed E-state index contributed by atoms with van der Waals surface area (Å²) >= 11 is 11.5. The summed E-state index contributed by atoms with van der Waals surface area (Å²) in [6.45, 7) is -2.58. The summed E-state index contributed by atoms with van der Waals surface area (Å²) in [7, 11) is 0. The molecule has 0 spiro atoms. The van der Waals surface area contributed by atoms with E-state index < -0.39 is 12.9 Å². The second-order valence-corrected chi connectivity index (χ2v) is 3.43. The number of hydrogen-bond donors (Lipinski definition) is 0. The van der Waals surface area contributed by atoms with Crippen molar-refractivity contribution in [3.63, 3.8) is 0 Å². The molecule has 0 radical (unpaired) electrons. The normalized spacial score (nSPS) is 19.4. The Hall–Kier alpha value is -0.800. The van der Waals surface area contributed by atoms with E-state index in [2.05, 4.69) is 4.98 Å². The first kappa shape index (κ1) is 5.83. The van der Waals surface area contributed by atoms with Crippen molar-refractivity contribution in [2.24, 2.45) is 0 Å². The van der Waals surface area contributed by atoms with Gasteiger partial charge in [0.25, 0.3) is 5.91 Å². The molecule has 5 heteroatoms. The van der Waals surface area contributed by atoms with Crippen LogP contribution in [0.25, 0.3) is 0 Å². The Balaban J connectivity index is 2.51. The number of nitrogens with zero attached hydrogens (tertiary/aromatic N) is 2. The summed E-state index contributed by atoms with van der Waals surface area (Å²) in [5, 5.41) is 0.274. The van der Waals surface area contributed by atoms with E-state index >= 15 is 0 Å². The van der Waals surface area contributed by atoms with Gasteiger partial charge in [-0.15, -0.1) is 0 Å². The molecule has 1 amide bonds. The first-order valence-electron chi connectivity index (χ1n) is 4.97. The first-order valence-corrected chi connectivity index (χ1v) is 4.23. The van der Waals surface area contributed by atoms with Crippen LogP contribution in [0.4, 0.5) is 0 Å². The quantitative estimate of drug-likeness (QED) is 0.626. The second kappa shape index (κ2) is 2.86. The Morgan fingerprint density at radius 1 is 1.69 bits per heavy atom. The SMILES string of the molecule is [2H]C([2H])([2H])N1Cc2nc(Cl)cc(Cl)c2C1=O. The lowest BCUT2D eigenvalue weighted by Crippen LogP contribution is -2.17. The van der Waals surface area contributed by atoms with E-state index in [1.165, 1.54) is 6.07 Å². The smallest absolute Gasteiger partial charge is 0.257 e. The maximum atomic E-state index is 11.8. The Morgan fingerprint density at radius 3 is 3.15 bits per heavy atom. The fourth-order valence-corrected chi connectivity index (χ4v) is 1.79. The molecule has 1 aliphatic rings. The average molecular weight is 220 g/mol. The Labute approximate surface area is 89.5 Å². The lowest BCUT2D eigenvalue weighted by Gasteiger charge is -2.04. The van der Waals surface area contributed by atoms with Gasteiger partial charge in [-0.05, 0) is 6.07 Å². The highest BCUT2D eigenvalue weighted by Crippen LogP contribution is 2.28. The third kappa shape index (κ3) is 1.28. The minimum Gasteiger partial charge on any atom is -0.336 e. The molecule has 0 aliphatic carbocycles. The molecule has 1 aromatic rings. The second-order valence-electron chi connectivity index (χ2n) is 2.64. The number of carbonyl (C=O) groups is 1. The van der Waals surface area contributed by atoms with E-state index in [4.69, 9.17) is 27.3 Å². The van der Waals surface area contributed by atoms with Gasteiger partial charge in [-0.2, -0.15) is 0 Å². The zero-order valence-electron chi connectivity index (χ0n) is 9.34. The zero-order valence-corrected chi connectivity index (χ0v) is 7.85. The van der Waals surface area contributed by atoms with Crippen LogP contribution in [0.1, 0.15) is 20.2 Å². The summed E-state index contributed by atoms with van der Waals surface area (Å²) in [5.74, 6) is -0.635. The Morgan fingerprint density at radius 2 is 2.46 bits per heavy atom. The van der Waals surface area contributed by atoms with E-state index in [9.17, 15) is 4.79 Å².